The van der Waals surface area contributed by atoms with Crippen LogP contribution in [0.5, 0.6) is 0 Å². The number of likely N-dealkylation sites (tertiary alicyclic amines) is 1. The van der Waals surface area contributed by atoms with E-state index in [9.17, 15) is 34.9 Å². The number of carbonyl (C=O) groups is 2. The van der Waals surface area contributed by atoms with Gasteiger partial charge in [0, 0.05) is 50.0 Å². The second-order valence-corrected chi connectivity index (χ2v) is 17.7. The molecule has 0 aliphatic carbocycles. The molecule has 3 atom stereocenters. The minimum absolute atomic E-state index is 0.0460. The SMILES string of the molecule is CC(C)(C)[Si](C)(C)O[C@@H]1C[C@@H](C(CCO)CCNC(=O)OCc2ccc([N+](=O)[O-])cc2)N(C(=O)OCc2ccc([N+](=O)[O-])cc2)C1. The number of benzene rings is 2. The van der Waals surface area contributed by atoms with E-state index in [2.05, 4.69) is 39.2 Å². The number of hydrogen-bond acceptors (Lipinski definition) is 10. The van der Waals surface area contributed by atoms with Crippen LogP contribution < -0.4 is 5.32 Å². The Kier molecular flexibility index (Phi) is 12.6. The summed E-state index contributed by atoms with van der Waals surface area (Å²) in [6.45, 7) is 11.0. The number of nitrogens with zero attached hydrogens (tertiary/aromatic N) is 3. The zero-order valence-corrected chi connectivity index (χ0v) is 28.0. The first-order valence-electron chi connectivity index (χ1n) is 15.2. The molecule has 1 aliphatic heterocycles. The minimum atomic E-state index is -2.18. The van der Waals surface area contributed by atoms with Crippen molar-refractivity contribution in [3.05, 3.63) is 79.9 Å². The van der Waals surface area contributed by atoms with Crippen molar-refractivity contribution in [2.75, 3.05) is 19.7 Å². The van der Waals surface area contributed by atoms with Gasteiger partial charge in [0.1, 0.15) is 13.2 Å². The summed E-state index contributed by atoms with van der Waals surface area (Å²) in [6, 6.07) is 11.2. The van der Waals surface area contributed by atoms with Gasteiger partial charge in [-0.15, -0.1) is 0 Å². The summed E-state index contributed by atoms with van der Waals surface area (Å²) in [4.78, 5) is 48.2. The van der Waals surface area contributed by atoms with Crippen LogP contribution in [0.1, 0.15) is 51.2 Å². The van der Waals surface area contributed by atoms with Crippen LogP contribution >= 0.6 is 0 Å². The lowest BCUT2D eigenvalue weighted by atomic mass is 9.91. The molecule has 46 heavy (non-hydrogen) atoms. The number of non-ortho nitro benzene ring substituents is 2. The third-order valence-electron chi connectivity index (χ3n) is 8.66. The van der Waals surface area contributed by atoms with Crippen LogP contribution in [-0.4, -0.2) is 72.2 Å². The van der Waals surface area contributed by atoms with Crippen molar-refractivity contribution in [1.29, 1.82) is 0 Å². The lowest BCUT2D eigenvalue weighted by Gasteiger charge is -2.38. The van der Waals surface area contributed by atoms with Crippen molar-refractivity contribution < 1.29 is 38.4 Å². The molecule has 0 spiro atoms. The van der Waals surface area contributed by atoms with E-state index in [0.717, 1.165) is 0 Å². The summed E-state index contributed by atoms with van der Waals surface area (Å²) in [5.74, 6) is -0.195. The number of nitrogens with one attached hydrogen (secondary N) is 1. The van der Waals surface area contributed by atoms with E-state index in [4.69, 9.17) is 13.9 Å². The number of nitro groups is 2. The molecule has 0 radical (unpaired) electrons. The van der Waals surface area contributed by atoms with Gasteiger partial charge in [-0.1, -0.05) is 20.8 Å². The molecule has 2 aromatic rings. The summed E-state index contributed by atoms with van der Waals surface area (Å²) >= 11 is 0. The second kappa shape index (κ2) is 16.0. The first kappa shape index (κ1) is 36.4. The van der Waals surface area contributed by atoms with E-state index >= 15 is 0 Å². The van der Waals surface area contributed by atoms with Gasteiger partial charge in [0.05, 0.1) is 16.0 Å². The predicted molar refractivity (Wildman–Crippen MR) is 172 cm³/mol. The zero-order chi connectivity index (χ0) is 34.1. The van der Waals surface area contributed by atoms with Crippen LogP contribution in [0.15, 0.2) is 48.5 Å². The van der Waals surface area contributed by atoms with Gasteiger partial charge in [0.15, 0.2) is 8.32 Å². The Morgan fingerprint density at radius 2 is 1.48 bits per heavy atom. The highest BCUT2D eigenvalue weighted by molar-refractivity contribution is 6.74. The van der Waals surface area contributed by atoms with Gasteiger partial charge in [-0.25, -0.2) is 9.59 Å². The molecule has 1 unspecified atom stereocenters. The third-order valence-corrected chi connectivity index (χ3v) is 13.2. The highest BCUT2D eigenvalue weighted by atomic mass is 28.4. The average Bonchev–Trinajstić information content (AvgIpc) is 3.41. The number of aliphatic hydroxyl groups is 1. The summed E-state index contributed by atoms with van der Waals surface area (Å²) in [7, 11) is -2.18. The fraction of sp³-hybridized carbons (Fsp3) is 0.548. The molecule has 14 nitrogen and oxygen atoms in total. The van der Waals surface area contributed by atoms with Crippen molar-refractivity contribution in [3.8, 4) is 0 Å². The molecule has 0 aromatic heterocycles. The first-order chi connectivity index (χ1) is 21.6. The molecule has 3 rings (SSSR count). The van der Waals surface area contributed by atoms with Crippen molar-refractivity contribution in [2.45, 2.75) is 83.5 Å². The Hall–Kier alpha value is -4.08. The maximum Gasteiger partial charge on any atom is 0.410 e. The number of ether oxygens (including phenoxy) is 2. The molecule has 2 amide bonds. The van der Waals surface area contributed by atoms with Crippen LogP contribution in [0.25, 0.3) is 0 Å². The van der Waals surface area contributed by atoms with Crippen molar-refractivity contribution in [1.82, 2.24) is 10.2 Å². The average molecular weight is 661 g/mol. The maximum absolute atomic E-state index is 13.4. The van der Waals surface area contributed by atoms with Gasteiger partial charge in [-0.2, -0.15) is 0 Å². The molecule has 2 aromatic carbocycles. The lowest BCUT2D eigenvalue weighted by molar-refractivity contribution is -0.385. The molecule has 0 saturated carbocycles. The standard InChI is InChI=1S/C31H44N4O10Si/c1-31(2,3)46(4,5)45-27-18-28(33(19-27)30(38)44-21-23-8-12-26(13-9-23)35(41)42)24(15-17-36)14-16-32-29(37)43-20-22-6-10-25(11-7-22)34(39)40/h6-13,24,27-28,36H,14-21H2,1-5H3,(H,32,37)/t24?,27-,28+/m1/s1. The number of carbonyl (C=O) groups excluding carboxylic acids is 2. The van der Waals surface area contributed by atoms with Gasteiger partial charge in [-0.3, -0.25) is 20.2 Å². The largest absolute Gasteiger partial charge is 0.445 e. The Morgan fingerprint density at radius 3 is 1.96 bits per heavy atom. The van der Waals surface area contributed by atoms with Crippen LogP contribution in [0.4, 0.5) is 21.0 Å². The molecule has 1 aliphatic rings. The van der Waals surface area contributed by atoms with Crippen molar-refractivity contribution in [2.24, 2.45) is 5.92 Å². The predicted octanol–water partition coefficient (Wildman–Crippen LogP) is 5.92. The normalized spacial score (nSPS) is 17.3. The van der Waals surface area contributed by atoms with E-state index in [-0.39, 0.29) is 60.8 Å². The first-order valence-corrected chi connectivity index (χ1v) is 18.1. The Bertz CT molecular complexity index is 1350. The van der Waals surface area contributed by atoms with Crippen molar-refractivity contribution in [3.63, 3.8) is 0 Å². The Morgan fingerprint density at radius 1 is 0.957 bits per heavy atom. The minimum Gasteiger partial charge on any atom is -0.445 e. The fourth-order valence-corrected chi connectivity index (χ4v) is 6.43. The van der Waals surface area contributed by atoms with Gasteiger partial charge in [0.25, 0.3) is 11.4 Å². The molecular weight excluding hydrogens is 616 g/mol. The van der Waals surface area contributed by atoms with Crippen molar-refractivity contribution >= 4 is 31.9 Å². The smallest absolute Gasteiger partial charge is 0.410 e. The third kappa shape index (κ3) is 10.2. The molecule has 1 fully saturated rings. The number of hydrogen-bond donors (Lipinski definition) is 2. The van der Waals surface area contributed by atoms with Gasteiger partial charge in [-0.05, 0) is 78.7 Å². The van der Waals surface area contributed by atoms with Crippen LogP contribution in [0.3, 0.4) is 0 Å². The number of nitro benzene ring substituents is 2. The number of rotatable bonds is 14. The zero-order valence-electron chi connectivity index (χ0n) is 27.0. The molecule has 1 saturated heterocycles. The monoisotopic (exact) mass is 660 g/mol. The Balaban J connectivity index is 1.65. The highest BCUT2D eigenvalue weighted by Crippen LogP contribution is 2.40. The van der Waals surface area contributed by atoms with Gasteiger partial charge >= 0.3 is 12.2 Å². The van der Waals surface area contributed by atoms with Gasteiger partial charge < -0.3 is 29.2 Å². The number of alkyl carbamates (subject to hydrolysis) is 1. The van der Waals surface area contributed by atoms with Crippen LogP contribution in [0, 0.1) is 26.1 Å². The van der Waals surface area contributed by atoms with E-state index in [1.54, 1.807) is 4.90 Å². The summed E-state index contributed by atoms with van der Waals surface area (Å²) in [6.07, 6.45) is -0.0957. The van der Waals surface area contributed by atoms with Crippen LogP contribution in [-0.2, 0) is 27.1 Å². The van der Waals surface area contributed by atoms with E-state index in [0.29, 0.717) is 36.9 Å². The fourth-order valence-electron chi connectivity index (χ4n) is 5.07. The topological polar surface area (TPSA) is 184 Å². The maximum atomic E-state index is 13.4. The van der Waals surface area contributed by atoms with Gasteiger partial charge in [0.2, 0.25) is 0 Å². The molecule has 2 N–H and O–H groups in total. The molecule has 252 valence electrons. The highest BCUT2D eigenvalue weighted by Gasteiger charge is 2.45. The molecule has 0 bridgehead atoms. The summed E-state index contributed by atoms with van der Waals surface area (Å²) < 4.78 is 17.6. The van der Waals surface area contributed by atoms with E-state index < -0.39 is 30.4 Å². The second-order valence-electron chi connectivity index (χ2n) is 12.9. The lowest BCUT2D eigenvalue weighted by Crippen LogP contribution is -2.45. The number of amides is 2. The van der Waals surface area contributed by atoms with E-state index in [1.165, 1.54) is 48.5 Å². The molecule has 15 heteroatoms. The molecule has 1 heterocycles. The Labute approximate surface area is 269 Å². The molecular formula is C31H44N4O10Si. The summed E-state index contributed by atoms with van der Waals surface area (Å²) in [5.41, 5.74) is 1.08. The quantitative estimate of drug-likeness (QED) is 0.140. The van der Waals surface area contributed by atoms with E-state index in [1.807, 2.05) is 0 Å². The number of aliphatic hydroxyl groups excluding tert-OH is 1. The summed E-state index contributed by atoms with van der Waals surface area (Å²) in [5, 5.41) is 34.4. The van der Waals surface area contributed by atoms with Crippen LogP contribution in [0.2, 0.25) is 18.1 Å².